The predicted octanol–water partition coefficient (Wildman–Crippen LogP) is 6.85. The third-order valence-electron chi connectivity index (χ3n) is 13.7. The van der Waals surface area contributed by atoms with Gasteiger partial charge in [-0.3, -0.25) is 9.97 Å². The van der Waals surface area contributed by atoms with Crippen LogP contribution in [0.2, 0.25) is 0 Å². The summed E-state index contributed by atoms with van der Waals surface area (Å²) in [6, 6.07) is 36.9. The minimum absolute atomic E-state index is 0.359. The Morgan fingerprint density at radius 1 is 0.603 bits per heavy atom. The number of fused-ring (bicyclic) bond motifs is 6. The van der Waals surface area contributed by atoms with Gasteiger partial charge in [-0.1, -0.05) is 82.7 Å². The average molecular weight is 978 g/mol. The number of halogens is 1. The van der Waals surface area contributed by atoms with Gasteiger partial charge in [0.15, 0.2) is 0 Å². The number of hydroxylamine groups is 4. The van der Waals surface area contributed by atoms with E-state index in [-0.39, 0.29) is 5.60 Å². The predicted molar refractivity (Wildman–Crippen MR) is 264 cm³/mol. The summed E-state index contributed by atoms with van der Waals surface area (Å²) in [4.78, 5) is 30.2. The highest BCUT2D eigenvalue weighted by atomic mass is 79.9. The molecular weight excluding hydrogens is 923 g/mol. The van der Waals surface area contributed by atoms with Crippen LogP contribution in [0.15, 0.2) is 148 Å². The molecule has 4 spiro atoms. The maximum Gasteiger partial charge on any atom is 0.490 e. The standard InChI is InChI=1S/C26H26N4O2.C21H22BrN3O2.C5H6BNO2/c1-30-24(27)29-26(32-30)17-25(12-4-8-18-6-2-3-7-20(18)15-25)31-23-11-10-19(14-22(23)26)21-9-5-13-28-16-21;1-25-19(23)24-21(27-25)13-20(26-18-9-8-16(22)11-17(18)21)10-4-7-14-5-2-3-6-15(14)12-20;8-6(9)5-2-1-3-7-4-5/h2-3,5-7,9-11,13-14,16H,4,8,12,15,17H2,1H3,(H2,27,29);2-3,5-6,8-9,11H,4,7,10,12-13H2,1H3,(H2,23,24);1-4,8-9H. The number of aliphatic imine (C=N–C) groups is 2. The largest absolute Gasteiger partial charge is 0.490 e. The number of hydrogen-bond donors (Lipinski definition) is 4. The van der Waals surface area contributed by atoms with Crippen molar-refractivity contribution in [2.75, 3.05) is 14.1 Å². The molecule has 6 aromatic rings. The third kappa shape index (κ3) is 8.94. The molecule has 4 aliphatic heterocycles. The first kappa shape index (κ1) is 45.5. The summed E-state index contributed by atoms with van der Waals surface area (Å²) in [7, 11) is 2.21. The molecule has 2 aromatic heterocycles. The van der Waals surface area contributed by atoms with E-state index in [1.807, 2.05) is 49.6 Å². The van der Waals surface area contributed by atoms with Gasteiger partial charge in [0.1, 0.15) is 22.7 Å². The highest BCUT2D eigenvalue weighted by Crippen LogP contribution is 2.54. The van der Waals surface area contributed by atoms with Crippen LogP contribution in [0.5, 0.6) is 11.5 Å². The maximum absolute atomic E-state index is 8.54. The number of guanidine groups is 2. The SMILES string of the molecule is CN1OC2(CC3(CCCc4ccccc4C3)Oc3ccc(-c4cccnc4)cc32)N=C1N.CN1OC2(CC3(CCCc4ccccc4C3)Oc3ccc(Br)cc32)N=C1N.OB(O)c1cccnc1. The Morgan fingerprint density at radius 2 is 1.12 bits per heavy atom. The first-order valence-corrected chi connectivity index (χ1v) is 23.8. The van der Waals surface area contributed by atoms with Gasteiger partial charge in [-0.2, -0.15) is 0 Å². The van der Waals surface area contributed by atoms with Crippen molar-refractivity contribution < 1.29 is 29.2 Å². The lowest BCUT2D eigenvalue weighted by Crippen LogP contribution is -2.49. The molecule has 0 bridgehead atoms. The third-order valence-corrected chi connectivity index (χ3v) is 14.2. The molecule has 0 saturated carbocycles. The number of aryl methyl sites for hydroxylation is 2. The van der Waals surface area contributed by atoms with Crippen LogP contribution in [0, 0.1) is 0 Å². The summed E-state index contributed by atoms with van der Waals surface area (Å²) >= 11 is 3.57. The Balaban J connectivity index is 0.000000136. The first-order chi connectivity index (χ1) is 32.8. The van der Waals surface area contributed by atoms with Gasteiger partial charge in [0.25, 0.3) is 0 Å². The van der Waals surface area contributed by atoms with E-state index in [0.717, 1.165) is 89.6 Å². The van der Waals surface area contributed by atoms with Crippen LogP contribution in [0.4, 0.5) is 0 Å². The van der Waals surface area contributed by atoms with E-state index in [0.29, 0.717) is 30.2 Å². The molecule has 4 atom stereocenters. The van der Waals surface area contributed by atoms with Gasteiger partial charge >= 0.3 is 7.12 Å². The molecule has 6 heterocycles. The summed E-state index contributed by atoms with van der Waals surface area (Å²) < 4.78 is 14.5. The molecule has 14 nitrogen and oxygen atoms in total. The van der Waals surface area contributed by atoms with E-state index in [1.54, 1.807) is 41.7 Å². The summed E-state index contributed by atoms with van der Waals surface area (Å²) in [6.07, 6.45) is 15.7. The molecule has 12 rings (SSSR count). The molecule has 0 fully saturated rings. The van der Waals surface area contributed by atoms with Crippen molar-refractivity contribution in [1.29, 1.82) is 0 Å². The number of ether oxygens (including phenoxy) is 2. The fourth-order valence-electron chi connectivity index (χ4n) is 10.6. The zero-order valence-corrected chi connectivity index (χ0v) is 39.7. The molecule has 4 unspecified atom stereocenters. The molecule has 6 aliphatic rings. The lowest BCUT2D eigenvalue weighted by molar-refractivity contribution is -0.205. The van der Waals surface area contributed by atoms with Gasteiger partial charge in [0.05, 0.1) is 11.1 Å². The number of aromatic nitrogens is 2. The fraction of sp³-hybridized carbons (Fsp3) is 0.308. The Bertz CT molecular complexity index is 2880. The second kappa shape index (κ2) is 18.3. The normalized spacial score (nSPS) is 25.1. The molecule has 0 radical (unpaired) electrons. The Kier molecular flexibility index (Phi) is 12.2. The van der Waals surface area contributed by atoms with Crippen LogP contribution in [0.3, 0.4) is 0 Å². The van der Waals surface area contributed by atoms with E-state index in [4.69, 9.17) is 50.6 Å². The van der Waals surface area contributed by atoms with Gasteiger partial charge in [-0.15, -0.1) is 0 Å². The topological polar surface area (TPSA) is 186 Å². The molecule has 68 heavy (non-hydrogen) atoms. The highest BCUT2D eigenvalue weighted by Gasteiger charge is 2.56. The first-order valence-electron chi connectivity index (χ1n) is 23.0. The van der Waals surface area contributed by atoms with Crippen molar-refractivity contribution in [1.82, 2.24) is 20.1 Å². The molecule has 4 aromatic carbocycles. The molecule has 16 heteroatoms. The summed E-state index contributed by atoms with van der Waals surface area (Å²) in [5.74, 6) is 2.42. The van der Waals surface area contributed by atoms with E-state index >= 15 is 0 Å². The minimum Gasteiger partial charge on any atom is -0.486 e. The summed E-state index contributed by atoms with van der Waals surface area (Å²) in [5.41, 5.74) is 19.7. The monoisotopic (exact) mass is 976 g/mol. The van der Waals surface area contributed by atoms with Crippen LogP contribution in [-0.4, -0.2) is 74.5 Å². The van der Waals surface area contributed by atoms with Crippen molar-refractivity contribution >= 4 is 40.4 Å². The zero-order valence-electron chi connectivity index (χ0n) is 38.1. The lowest BCUT2D eigenvalue weighted by atomic mass is 9.78. The van der Waals surface area contributed by atoms with Gasteiger partial charge in [-0.25, -0.2) is 29.8 Å². The fourth-order valence-corrected chi connectivity index (χ4v) is 11.0. The van der Waals surface area contributed by atoms with Crippen LogP contribution < -0.4 is 26.4 Å². The quantitative estimate of drug-likeness (QED) is 0.133. The van der Waals surface area contributed by atoms with Gasteiger partial charge in [0.2, 0.25) is 23.4 Å². The maximum atomic E-state index is 8.54. The Morgan fingerprint density at radius 3 is 1.59 bits per heavy atom. The van der Waals surface area contributed by atoms with Crippen molar-refractivity contribution in [3.63, 3.8) is 0 Å². The lowest BCUT2D eigenvalue weighted by Gasteiger charge is -2.45. The molecule has 6 N–H and O–H groups in total. The van der Waals surface area contributed by atoms with Crippen molar-refractivity contribution in [2.24, 2.45) is 21.5 Å². The van der Waals surface area contributed by atoms with E-state index in [2.05, 4.69) is 86.6 Å². The number of benzene rings is 4. The van der Waals surface area contributed by atoms with Crippen LogP contribution >= 0.6 is 15.9 Å². The molecule has 2 aliphatic carbocycles. The van der Waals surface area contributed by atoms with Crippen LogP contribution in [-0.2, 0) is 46.8 Å². The Hall–Kier alpha value is -6.30. The summed E-state index contributed by atoms with van der Waals surface area (Å²) in [6.45, 7) is 0. The van der Waals surface area contributed by atoms with E-state index in [9.17, 15) is 0 Å². The van der Waals surface area contributed by atoms with Gasteiger partial charge in [0, 0.05) is 80.1 Å². The molecular formula is C52H54BBrN8O6. The number of pyridine rings is 2. The minimum atomic E-state index is -1.40. The molecule has 0 saturated heterocycles. The molecule has 0 amide bonds. The smallest absolute Gasteiger partial charge is 0.486 e. The summed E-state index contributed by atoms with van der Waals surface area (Å²) in [5, 5.41) is 20.2. The van der Waals surface area contributed by atoms with Crippen molar-refractivity contribution in [3.8, 4) is 22.6 Å². The van der Waals surface area contributed by atoms with Crippen LogP contribution in [0.1, 0.15) is 71.9 Å². The number of rotatable bonds is 2. The Labute approximate surface area is 404 Å². The van der Waals surface area contributed by atoms with Crippen LogP contribution in [0.25, 0.3) is 11.1 Å². The molecule has 348 valence electrons. The van der Waals surface area contributed by atoms with Gasteiger partial charge < -0.3 is 31.0 Å². The van der Waals surface area contributed by atoms with Crippen molar-refractivity contribution in [2.45, 2.75) is 86.9 Å². The second-order valence-corrected chi connectivity index (χ2v) is 19.4. The zero-order chi connectivity index (χ0) is 47.1. The van der Waals surface area contributed by atoms with Crippen molar-refractivity contribution in [3.05, 3.63) is 172 Å². The number of nitrogens with zero attached hydrogens (tertiary/aromatic N) is 6. The highest BCUT2D eigenvalue weighted by molar-refractivity contribution is 9.10. The number of nitrogens with two attached hydrogens (primary N) is 2. The van der Waals surface area contributed by atoms with E-state index < -0.39 is 24.2 Å². The van der Waals surface area contributed by atoms with E-state index in [1.165, 1.54) is 28.5 Å². The second-order valence-electron chi connectivity index (χ2n) is 18.5. The number of hydrogen-bond acceptors (Lipinski definition) is 14. The average Bonchev–Trinajstić information content (AvgIpc) is 3.60. The van der Waals surface area contributed by atoms with Gasteiger partial charge in [-0.05, 0) is 109 Å².